The van der Waals surface area contributed by atoms with E-state index < -0.39 is 0 Å². The summed E-state index contributed by atoms with van der Waals surface area (Å²) < 4.78 is 5.34. The summed E-state index contributed by atoms with van der Waals surface area (Å²) >= 11 is 0. The third-order valence-electron chi connectivity index (χ3n) is 1.88. The molecule has 0 aliphatic carbocycles. The topological polar surface area (TPSA) is 41.5 Å². The first kappa shape index (κ1) is 8.97. The van der Waals surface area contributed by atoms with Gasteiger partial charge in [-0.15, -0.1) is 0 Å². The molecule has 0 spiro atoms. The van der Waals surface area contributed by atoms with Crippen LogP contribution in [-0.4, -0.2) is 30.6 Å². The second-order valence-corrected chi connectivity index (χ2v) is 3.09. The number of aliphatic hydroxyl groups is 1. The van der Waals surface area contributed by atoms with Gasteiger partial charge in [0.05, 0.1) is 12.7 Å². The molecule has 2 N–H and O–H groups in total. The fourth-order valence-electron chi connectivity index (χ4n) is 1.26. The molecule has 3 nitrogen and oxygen atoms in total. The predicted octanol–water partition coefficient (Wildman–Crippen LogP) is 0.483. The molecule has 66 valence electrons. The zero-order valence-electron chi connectivity index (χ0n) is 7.05. The molecule has 2 unspecified atom stereocenters. The summed E-state index contributed by atoms with van der Waals surface area (Å²) in [6.07, 6.45) is 3.01. The summed E-state index contributed by atoms with van der Waals surface area (Å²) in [4.78, 5) is 0. The molecule has 1 rings (SSSR count). The highest BCUT2D eigenvalue weighted by molar-refractivity contribution is 4.63. The molecule has 0 saturated carbocycles. The Bertz CT molecular complexity index is 100. The standard InChI is InChI=1S/C8H17NO2/c1-7(10)3-2-4-8-9-5-6-11-8/h7-10H,2-6H2,1H3. The Morgan fingerprint density at radius 1 is 1.73 bits per heavy atom. The molecule has 2 atom stereocenters. The third-order valence-corrected chi connectivity index (χ3v) is 1.88. The van der Waals surface area contributed by atoms with E-state index in [2.05, 4.69) is 5.32 Å². The maximum atomic E-state index is 8.97. The van der Waals surface area contributed by atoms with Crippen LogP contribution in [0.1, 0.15) is 26.2 Å². The van der Waals surface area contributed by atoms with Gasteiger partial charge in [-0.2, -0.15) is 0 Å². The first-order chi connectivity index (χ1) is 5.29. The van der Waals surface area contributed by atoms with Crippen LogP contribution in [0.4, 0.5) is 0 Å². The molecule has 1 heterocycles. The Labute approximate surface area is 67.7 Å². The number of hydrogen-bond donors (Lipinski definition) is 2. The van der Waals surface area contributed by atoms with Crippen molar-refractivity contribution in [1.29, 1.82) is 0 Å². The minimum absolute atomic E-state index is 0.170. The zero-order valence-corrected chi connectivity index (χ0v) is 7.05. The lowest BCUT2D eigenvalue weighted by molar-refractivity contribution is 0.0869. The van der Waals surface area contributed by atoms with Crippen LogP contribution in [-0.2, 0) is 4.74 Å². The van der Waals surface area contributed by atoms with Crippen LogP contribution in [0.25, 0.3) is 0 Å². The van der Waals surface area contributed by atoms with Gasteiger partial charge >= 0.3 is 0 Å². The quantitative estimate of drug-likeness (QED) is 0.627. The van der Waals surface area contributed by atoms with E-state index in [1.165, 1.54) is 0 Å². The largest absolute Gasteiger partial charge is 0.393 e. The summed E-state index contributed by atoms with van der Waals surface area (Å²) in [5.41, 5.74) is 0. The van der Waals surface area contributed by atoms with E-state index in [0.29, 0.717) is 0 Å². The van der Waals surface area contributed by atoms with Gasteiger partial charge in [-0.3, -0.25) is 5.32 Å². The predicted molar refractivity (Wildman–Crippen MR) is 43.3 cm³/mol. The van der Waals surface area contributed by atoms with Gasteiger partial charge in [0.15, 0.2) is 0 Å². The lowest BCUT2D eigenvalue weighted by Crippen LogP contribution is -2.22. The van der Waals surface area contributed by atoms with Crippen molar-refractivity contribution in [2.75, 3.05) is 13.2 Å². The molecule has 0 aromatic heterocycles. The van der Waals surface area contributed by atoms with Crippen LogP contribution < -0.4 is 5.32 Å². The molecule has 1 aliphatic heterocycles. The van der Waals surface area contributed by atoms with E-state index in [4.69, 9.17) is 9.84 Å². The summed E-state index contributed by atoms with van der Waals surface area (Å²) in [6, 6.07) is 0. The zero-order chi connectivity index (χ0) is 8.10. The molecule has 1 saturated heterocycles. The van der Waals surface area contributed by atoms with E-state index in [1.54, 1.807) is 0 Å². The van der Waals surface area contributed by atoms with Crippen molar-refractivity contribution >= 4 is 0 Å². The number of hydrogen-bond acceptors (Lipinski definition) is 3. The van der Waals surface area contributed by atoms with Gasteiger partial charge in [-0.05, 0) is 26.2 Å². The molecule has 0 radical (unpaired) electrons. The molecule has 3 heteroatoms. The second-order valence-electron chi connectivity index (χ2n) is 3.09. The average molecular weight is 159 g/mol. The van der Waals surface area contributed by atoms with Crippen LogP contribution in [0, 0.1) is 0 Å². The first-order valence-electron chi connectivity index (χ1n) is 4.32. The molecular weight excluding hydrogens is 142 g/mol. The molecule has 1 fully saturated rings. The van der Waals surface area contributed by atoms with Crippen molar-refractivity contribution in [3.63, 3.8) is 0 Å². The van der Waals surface area contributed by atoms with Gasteiger partial charge in [0.1, 0.15) is 6.23 Å². The number of aliphatic hydroxyl groups excluding tert-OH is 1. The van der Waals surface area contributed by atoms with E-state index in [9.17, 15) is 0 Å². The van der Waals surface area contributed by atoms with Crippen LogP contribution >= 0.6 is 0 Å². The Morgan fingerprint density at radius 3 is 3.09 bits per heavy atom. The molecule has 0 aromatic carbocycles. The van der Waals surface area contributed by atoms with Crippen molar-refractivity contribution in [2.45, 2.75) is 38.5 Å². The Hall–Kier alpha value is -0.120. The van der Waals surface area contributed by atoms with Crippen molar-refractivity contribution < 1.29 is 9.84 Å². The molecule has 0 aromatic rings. The van der Waals surface area contributed by atoms with Gasteiger partial charge in [-0.1, -0.05) is 0 Å². The van der Waals surface area contributed by atoms with Crippen LogP contribution in [0.15, 0.2) is 0 Å². The van der Waals surface area contributed by atoms with Gasteiger partial charge in [0.2, 0.25) is 0 Å². The van der Waals surface area contributed by atoms with E-state index in [1.807, 2.05) is 6.92 Å². The summed E-state index contributed by atoms with van der Waals surface area (Å²) in [6.45, 7) is 3.63. The highest BCUT2D eigenvalue weighted by Crippen LogP contribution is 2.07. The SMILES string of the molecule is CC(O)CCCC1NCCO1. The van der Waals surface area contributed by atoms with Crippen LogP contribution in [0.3, 0.4) is 0 Å². The number of ether oxygens (including phenoxy) is 1. The number of nitrogens with one attached hydrogen (secondary N) is 1. The molecular formula is C8H17NO2. The fraction of sp³-hybridized carbons (Fsp3) is 1.00. The van der Waals surface area contributed by atoms with Gasteiger partial charge in [0.25, 0.3) is 0 Å². The van der Waals surface area contributed by atoms with E-state index in [-0.39, 0.29) is 12.3 Å². The highest BCUT2D eigenvalue weighted by atomic mass is 16.5. The van der Waals surface area contributed by atoms with Crippen LogP contribution in [0.2, 0.25) is 0 Å². The lowest BCUT2D eigenvalue weighted by atomic mass is 10.1. The maximum Gasteiger partial charge on any atom is 0.108 e. The van der Waals surface area contributed by atoms with Crippen molar-refractivity contribution in [1.82, 2.24) is 5.32 Å². The lowest BCUT2D eigenvalue weighted by Gasteiger charge is -2.09. The maximum absolute atomic E-state index is 8.97. The Kier molecular flexibility index (Phi) is 3.83. The van der Waals surface area contributed by atoms with Gasteiger partial charge < -0.3 is 9.84 Å². The van der Waals surface area contributed by atoms with Gasteiger partial charge in [0, 0.05) is 6.54 Å². The molecule has 0 amide bonds. The Morgan fingerprint density at radius 2 is 2.55 bits per heavy atom. The summed E-state index contributed by atoms with van der Waals surface area (Å²) in [7, 11) is 0. The van der Waals surface area contributed by atoms with E-state index in [0.717, 1.165) is 32.4 Å². The van der Waals surface area contributed by atoms with Crippen molar-refractivity contribution in [3.05, 3.63) is 0 Å². The Balaban J connectivity index is 1.94. The first-order valence-corrected chi connectivity index (χ1v) is 4.32. The molecule has 0 bridgehead atoms. The number of rotatable bonds is 4. The van der Waals surface area contributed by atoms with Crippen molar-refractivity contribution in [3.8, 4) is 0 Å². The minimum Gasteiger partial charge on any atom is -0.393 e. The van der Waals surface area contributed by atoms with Crippen molar-refractivity contribution in [2.24, 2.45) is 0 Å². The molecule has 11 heavy (non-hydrogen) atoms. The van der Waals surface area contributed by atoms with Crippen LogP contribution in [0.5, 0.6) is 0 Å². The van der Waals surface area contributed by atoms with Gasteiger partial charge in [-0.25, -0.2) is 0 Å². The van der Waals surface area contributed by atoms with E-state index >= 15 is 0 Å². The normalized spacial score (nSPS) is 27.3. The average Bonchev–Trinajstić information content (AvgIpc) is 2.39. The second kappa shape index (κ2) is 4.70. The molecule has 1 aliphatic rings. The summed E-state index contributed by atoms with van der Waals surface area (Å²) in [5, 5.41) is 12.2. The minimum atomic E-state index is -0.170. The smallest absolute Gasteiger partial charge is 0.108 e. The fourth-order valence-corrected chi connectivity index (χ4v) is 1.26. The monoisotopic (exact) mass is 159 g/mol. The highest BCUT2D eigenvalue weighted by Gasteiger charge is 2.13. The summed E-state index contributed by atoms with van der Waals surface area (Å²) in [5.74, 6) is 0. The third kappa shape index (κ3) is 3.70.